The van der Waals surface area contributed by atoms with Gasteiger partial charge in [0.1, 0.15) is 0 Å². The highest BCUT2D eigenvalue weighted by molar-refractivity contribution is 7.80. The van der Waals surface area contributed by atoms with Crippen molar-refractivity contribution >= 4 is 68.6 Å². The topological polar surface area (TPSA) is 125 Å². The Morgan fingerprint density at radius 1 is 0.653 bits per heavy atom. The molecule has 4 rings (SSSR count). The van der Waals surface area contributed by atoms with Crippen molar-refractivity contribution in [3.63, 3.8) is 0 Å². The molecule has 0 radical (unpaired) electrons. The van der Waals surface area contributed by atoms with Gasteiger partial charge in [-0.25, -0.2) is 5.01 Å². The fourth-order valence-electron chi connectivity index (χ4n) is 3.53. The lowest BCUT2D eigenvalue weighted by molar-refractivity contribution is 0.0857. The van der Waals surface area contributed by atoms with E-state index in [9.17, 15) is 13.9 Å². The van der Waals surface area contributed by atoms with Gasteiger partial charge in [-0.05, 0) is 70.8 Å². The summed E-state index contributed by atoms with van der Waals surface area (Å²) in [5.41, 5.74) is 7.25. The highest BCUT2D eigenvalue weighted by Crippen LogP contribution is 2.44. The maximum Gasteiger partial charge on any atom is 0.360 e. The molecule has 4 aromatic rings. The predicted molar refractivity (Wildman–Crippen MR) is 207 cm³/mol. The summed E-state index contributed by atoms with van der Waals surface area (Å²) >= 11 is 4.14. The van der Waals surface area contributed by atoms with Gasteiger partial charge in [0.05, 0.1) is 10.6 Å². The van der Waals surface area contributed by atoms with Gasteiger partial charge in [-0.3, -0.25) is 19.4 Å². The largest absolute Gasteiger partial charge is 0.360 e. The monoisotopic (exact) mass is 722 g/mol. The van der Waals surface area contributed by atoms with Gasteiger partial charge in [0, 0.05) is 38.8 Å². The van der Waals surface area contributed by atoms with E-state index in [2.05, 4.69) is 44.4 Å². The summed E-state index contributed by atoms with van der Waals surface area (Å²) < 4.78 is 32.3. The summed E-state index contributed by atoms with van der Waals surface area (Å²) in [5, 5.41) is 2.20. The number of carbonyl (C=O) groups excluding carboxylic acids is 1. The van der Waals surface area contributed by atoms with Gasteiger partial charge >= 0.3 is 15.2 Å². The number of thiol groups is 1. The number of carbonyl (C=O) groups is 1. The minimum Gasteiger partial charge on any atom is -0.321 e. The zero-order valence-corrected chi connectivity index (χ0v) is 30.8. The van der Waals surface area contributed by atoms with E-state index in [0.717, 1.165) is 27.1 Å². The van der Waals surface area contributed by atoms with Crippen LogP contribution in [0, 0.1) is 0 Å². The zero-order valence-electron chi connectivity index (χ0n) is 28.1. The first kappa shape index (κ1) is 42.9. The predicted octanol–water partition coefficient (Wildman–Crippen LogP) is 7.73. The summed E-state index contributed by atoms with van der Waals surface area (Å²) in [6.45, 7) is 14.4. The average Bonchev–Trinajstić information content (AvgIpc) is 3.12. The number of hydrazine groups is 1. The molecule has 1 amide bonds. The van der Waals surface area contributed by atoms with Crippen molar-refractivity contribution in [2.45, 2.75) is 4.90 Å². The molecule has 260 valence electrons. The second-order valence-electron chi connectivity index (χ2n) is 9.96. The molecule has 0 spiro atoms. The molecule has 49 heavy (non-hydrogen) atoms. The highest BCUT2D eigenvalue weighted by Gasteiger charge is 2.23. The lowest BCUT2D eigenvalue weighted by atomic mass is 10.1. The van der Waals surface area contributed by atoms with Gasteiger partial charge in [-0.2, -0.15) is 0 Å². The van der Waals surface area contributed by atoms with Crippen molar-refractivity contribution in [1.29, 1.82) is 0 Å². The molecular weight excluding hydrogens is 678 g/mol. The number of hydrogen-bond donors (Lipinski definition) is 4. The Hall–Kier alpha value is -4.08. The lowest BCUT2D eigenvalue weighted by Crippen LogP contribution is -2.36. The highest BCUT2D eigenvalue weighted by atomic mass is 32.1. The fourth-order valence-corrected chi connectivity index (χ4v) is 5.30. The normalized spacial score (nSPS) is 10.4. The molecule has 0 aliphatic rings. The molecule has 0 unspecified atom stereocenters. The number of nitrogens with zero attached hydrogens (tertiary/aromatic N) is 1. The zero-order chi connectivity index (χ0) is 37.0. The first-order valence-corrected chi connectivity index (χ1v) is 18.1. The van der Waals surface area contributed by atoms with Crippen molar-refractivity contribution in [3.05, 3.63) is 151 Å². The molecule has 4 aromatic carbocycles. The number of hydrogen-bond acceptors (Lipinski definition) is 7. The van der Waals surface area contributed by atoms with Crippen molar-refractivity contribution in [1.82, 2.24) is 10.4 Å². The third-order valence-electron chi connectivity index (χ3n) is 6.25. The molecule has 0 saturated carbocycles. The second-order valence-corrected chi connectivity index (χ2v) is 14.3. The molecule has 0 atom stereocenters. The molecule has 3 N–H and O–H groups in total. The van der Waals surface area contributed by atoms with E-state index in [1.54, 1.807) is 73.7 Å². The van der Waals surface area contributed by atoms with Crippen LogP contribution in [0.2, 0.25) is 0 Å². The molecular formula is C37H44N2O7P2S. The first-order chi connectivity index (χ1) is 23.2. The first-order valence-electron chi connectivity index (χ1n) is 14.5. The van der Waals surface area contributed by atoms with Gasteiger partial charge in [0.25, 0.3) is 5.91 Å². The van der Waals surface area contributed by atoms with Crippen LogP contribution in [-0.2, 0) is 18.2 Å². The van der Waals surface area contributed by atoms with E-state index in [0.29, 0.717) is 10.9 Å². The third kappa shape index (κ3) is 15.8. The summed E-state index contributed by atoms with van der Waals surface area (Å²) in [5.74, 6) is -0.106. The van der Waals surface area contributed by atoms with Gasteiger partial charge in [-0.15, -0.1) is 12.6 Å². The Morgan fingerprint density at radius 2 is 0.980 bits per heavy atom. The van der Waals surface area contributed by atoms with E-state index in [4.69, 9.17) is 18.8 Å². The van der Waals surface area contributed by atoms with E-state index in [1.165, 1.54) is 26.4 Å². The molecule has 0 aliphatic carbocycles. The Bertz CT molecular complexity index is 1730. The quantitative estimate of drug-likeness (QED) is 0.0745. The van der Waals surface area contributed by atoms with Crippen LogP contribution in [0.3, 0.4) is 0 Å². The van der Waals surface area contributed by atoms with Crippen LogP contribution in [0.1, 0.15) is 32.6 Å². The second kappa shape index (κ2) is 21.8. The average molecular weight is 723 g/mol. The molecule has 0 heterocycles. The molecule has 0 aliphatic heterocycles. The van der Waals surface area contributed by atoms with E-state index in [-0.39, 0.29) is 11.2 Å². The number of nitrogens with one attached hydrogen (secondary N) is 1. The van der Waals surface area contributed by atoms with Crippen molar-refractivity contribution < 1.29 is 32.8 Å². The van der Waals surface area contributed by atoms with Crippen LogP contribution in [0.15, 0.2) is 128 Å². The summed E-state index contributed by atoms with van der Waals surface area (Å²) in [4.78, 5) is 29.9. The number of benzene rings is 4. The van der Waals surface area contributed by atoms with Crippen LogP contribution >= 0.6 is 27.8 Å². The van der Waals surface area contributed by atoms with Crippen molar-refractivity contribution in [2.24, 2.45) is 0 Å². The van der Waals surface area contributed by atoms with Crippen LogP contribution in [0.25, 0.3) is 24.3 Å². The Kier molecular flexibility index (Phi) is 19.1. The third-order valence-corrected chi connectivity index (χ3v) is 9.41. The Balaban J connectivity index is 0.000000331. The number of amides is 1. The SMILES string of the molecule is C=Cc1ccc(C(=O)NN(C)C)cc1.C=Cc1ccc(P(=O)(O)O)cc1.C=Cc1ccc(P(=O)(OC)OC)cc1.C=Cc1ccc(S)cc1. The summed E-state index contributed by atoms with van der Waals surface area (Å²) in [7, 11) is -0.900. The van der Waals surface area contributed by atoms with E-state index in [1.807, 2.05) is 54.6 Å². The van der Waals surface area contributed by atoms with Gasteiger partial charge < -0.3 is 18.8 Å². The Morgan fingerprint density at radius 3 is 1.29 bits per heavy atom. The standard InChI is InChI=1S/C11H14N2O.C10H13O3P.C8H9O3P.C8H8S/c1-4-9-5-7-10(8-6-9)11(14)12-13(2)3;1-4-9-5-7-10(8-6-9)14(11,12-2)13-3;1-2-7-3-5-8(6-4-7)12(9,10)11;1-2-7-3-5-8(9)6-4-7/h4-8H,1H2,2-3H3,(H,12,14);4-8H,1H2,2-3H3;2-6H,1H2,(H2,9,10,11);2-6,9H,1H2. The van der Waals surface area contributed by atoms with Crippen molar-refractivity contribution in [2.75, 3.05) is 28.3 Å². The Labute approximate surface area is 295 Å². The number of rotatable bonds is 10. The van der Waals surface area contributed by atoms with Crippen LogP contribution < -0.4 is 16.0 Å². The maximum atomic E-state index is 11.9. The van der Waals surface area contributed by atoms with Crippen molar-refractivity contribution in [3.8, 4) is 0 Å². The minimum atomic E-state index is -4.08. The van der Waals surface area contributed by atoms with Crippen LogP contribution in [0.4, 0.5) is 0 Å². The van der Waals surface area contributed by atoms with Crippen LogP contribution in [-0.4, -0.2) is 49.0 Å². The van der Waals surface area contributed by atoms with Gasteiger partial charge in [0.15, 0.2) is 0 Å². The minimum absolute atomic E-state index is 0.0353. The molecule has 0 aromatic heterocycles. The molecule has 0 bridgehead atoms. The van der Waals surface area contributed by atoms with E-state index < -0.39 is 15.2 Å². The summed E-state index contributed by atoms with van der Waals surface area (Å²) in [6.07, 6.45) is 6.89. The van der Waals surface area contributed by atoms with Crippen LogP contribution in [0.5, 0.6) is 0 Å². The molecule has 12 heteroatoms. The summed E-state index contributed by atoms with van der Waals surface area (Å²) in [6, 6.07) is 28.2. The fraction of sp³-hybridized carbons (Fsp3) is 0.108. The van der Waals surface area contributed by atoms with Gasteiger partial charge in [0.2, 0.25) is 0 Å². The molecule has 9 nitrogen and oxygen atoms in total. The lowest BCUT2D eigenvalue weighted by Gasteiger charge is -2.13. The van der Waals surface area contributed by atoms with E-state index >= 15 is 0 Å². The van der Waals surface area contributed by atoms with Gasteiger partial charge in [-0.1, -0.05) is 99.2 Å². The maximum absolute atomic E-state index is 11.9. The molecule has 0 saturated heterocycles. The smallest absolute Gasteiger partial charge is 0.321 e. The molecule has 0 fully saturated rings.